The van der Waals surface area contributed by atoms with Crippen molar-refractivity contribution in [1.29, 1.82) is 0 Å². The topological polar surface area (TPSA) is 53.5 Å². The molecule has 1 saturated heterocycles. The van der Waals surface area contributed by atoms with Gasteiger partial charge in [0.25, 0.3) is 0 Å². The first-order valence-corrected chi connectivity index (χ1v) is 7.01. The molecule has 0 spiro atoms. The largest absolute Gasteiger partial charge is 0.388 e. The first-order chi connectivity index (χ1) is 9.17. The van der Waals surface area contributed by atoms with Crippen molar-refractivity contribution in [3.8, 4) is 0 Å². The van der Waals surface area contributed by atoms with Crippen LogP contribution in [0, 0.1) is 0 Å². The summed E-state index contributed by atoms with van der Waals surface area (Å²) in [6.07, 6.45) is 0.693. The number of morpholine rings is 1. The van der Waals surface area contributed by atoms with Crippen molar-refractivity contribution in [2.45, 2.75) is 37.6 Å². The maximum absolute atomic E-state index is 10.9. The zero-order valence-electron chi connectivity index (χ0n) is 11.4. The van der Waals surface area contributed by atoms with Gasteiger partial charge in [-0.3, -0.25) is 0 Å². The Bertz CT molecular complexity index is 442. The zero-order valence-corrected chi connectivity index (χ0v) is 11.4. The summed E-state index contributed by atoms with van der Waals surface area (Å²) < 4.78 is 5.47. The fraction of sp³-hybridized carbons (Fsp3) is 0.600. The summed E-state index contributed by atoms with van der Waals surface area (Å²) in [5.74, 6) is 0. The summed E-state index contributed by atoms with van der Waals surface area (Å²) in [5.41, 5.74) is 1.75. The second-order valence-corrected chi connectivity index (χ2v) is 5.80. The molecule has 2 aliphatic heterocycles. The van der Waals surface area contributed by atoms with Gasteiger partial charge in [-0.25, -0.2) is 0 Å². The van der Waals surface area contributed by atoms with E-state index in [2.05, 4.69) is 22.8 Å². The van der Waals surface area contributed by atoms with Crippen molar-refractivity contribution < 1.29 is 9.84 Å². The van der Waals surface area contributed by atoms with E-state index >= 15 is 0 Å². The molecule has 2 aliphatic rings. The van der Waals surface area contributed by atoms with Crippen molar-refractivity contribution >= 4 is 0 Å². The van der Waals surface area contributed by atoms with Gasteiger partial charge >= 0.3 is 0 Å². The molecule has 3 unspecified atom stereocenters. The Morgan fingerprint density at radius 3 is 3.00 bits per heavy atom. The van der Waals surface area contributed by atoms with Gasteiger partial charge in [-0.1, -0.05) is 24.3 Å². The fourth-order valence-corrected chi connectivity index (χ4v) is 3.22. The first-order valence-electron chi connectivity index (χ1n) is 7.01. The quantitative estimate of drug-likeness (QED) is 0.759. The first kappa shape index (κ1) is 13.1. The molecule has 1 fully saturated rings. The lowest BCUT2D eigenvalue weighted by Gasteiger charge is -2.36. The Hall–Kier alpha value is -0.940. The molecule has 19 heavy (non-hydrogen) atoms. The predicted molar refractivity (Wildman–Crippen MR) is 73.9 cm³/mol. The van der Waals surface area contributed by atoms with Gasteiger partial charge in [-0.05, 0) is 24.5 Å². The van der Waals surface area contributed by atoms with Gasteiger partial charge in [0.2, 0.25) is 0 Å². The van der Waals surface area contributed by atoms with Crippen LogP contribution in [0.4, 0.5) is 0 Å². The summed E-state index contributed by atoms with van der Waals surface area (Å²) in [4.78, 5) is 0. The Morgan fingerprint density at radius 2 is 2.21 bits per heavy atom. The Kier molecular flexibility index (Phi) is 3.58. The van der Waals surface area contributed by atoms with Gasteiger partial charge in [0, 0.05) is 19.1 Å². The highest BCUT2D eigenvalue weighted by atomic mass is 16.5. The van der Waals surface area contributed by atoms with E-state index in [4.69, 9.17) is 4.74 Å². The molecule has 3 atom stereocenters. The lowest BCUT2D eigenvalue weighted by molar-refractivity contribution is -0.0177. The number of ether oxygens (including phenoxy) is 1. The van der Waals surface area contributed by atoms with Crippen LogP contribution in [0.3, 0.4) is 0 Å². The Balaban J connectivity index is 1.73. The molecule has 0 bridgehead atoms. The molecule has 104 valence electrons. The monoisotopic (exact) mass is 262 g/mol. The van der Waals surface area contributed by atoms with Crippen LogP contribution in [-0.2, 0) is 11.3 Å². The van der Waals surface area contributed by atoms with Crippen molar-refractivity contribution in [3.05, 3.63) is 35.4 Å². The second-order valence-electron chi connectivity index (χ2n) is 5.80. The minimum atomic E-state index is -0.773. The summed E-state index contributed by atoms with van der Waals surface area (Å²) in [6.45, 7) is 5.08. The second kappa shape index (κ2) is 5.21. The van der Waals surface area contributed by atoms with Crippen LogP contribution < -0.4 is 10.6 Å². The van der Waals surface area contributed by atoms with Gasteiger partial charge in [0.1, 0.15) is 0 Å². The van der Waals surface area contributed by atoms with Crippen LogP contribution in [0.2, 0.25) is 0 Å². The lowest BCUT2D eigenvalue weighted by Crippen LogP contribution is -2.49. The summed E-state index contributed by atoms with van der Waals surface area (Å²) >= 11 is 0. The third kappa shape index (κ3) is 2.67. The molecule has 0 saturated carbocycles. The minimum absolute atomic E-state index is 0.00688. The normalized spacial score (nSPS) is 29.8. The van der Waals surface area contributed by atoms with E-state index in [1.807, 2.05) is 19.1 Å². The van der Waals surface area contributed by atoms with Gasteiger partial charge in [-0.15, -0.1) is 0 Å². The van der Waals surface area contributed by atoms with Crippen LogP contribution in [-0.4, -0.2) is 36.5 Å². The molecule has 2 heterocycles. The Labute approximate surface area is 114 Å². The average Bonchev–Trinajstić information content (AvgIpc) is 2.84. The lowest BCUT2D eigenvalue weighted by atomic mass is 9.85. The SMILES string of the molecule is CC(O)(CC1COCCN1)C1NCc2ccccc21. The van der Waals surface area contributed by atoms with E-state index in [0.717, 1.165) is 19.7 Å². The smallest absolute Gasteiger partial charge is 0.0829 e. The summed E-state index contributed by atoms with van der Waals surface area (Å²) in [7, 11) is 0. The molecule has 0 aromatic heterocycles. The maximum atomic E-state index is 10.9. The maximum Gasteiger partial charge on any atom is 0.0829 e. The van der Waals surface area contributed by atoms with E-state index in [1.54, 1.807) is 0 Å². The average molecular weight is 262 g/mol. The van der Waals surface area contributed by atoms with Crippen LogP contribution in [0.15, 0.2) is 24.3 Å². The molecule has 1 aromatic carbocycles. The number of hydrogen-bond acceptors (Lipinski definition) is 4. The standard InChI is InChI=1S/C15H22N2O2/c1-15(18,8-12-10-19-7-6-16-12)14-13-5-3-2-4-11(13)9-17-14/h2-5,12,14,16-18H,6-10H2,1H3. The van der Waals surface area contributed by atoms with E-state index in [-0.39, 0.29) is 12.1 Å². The minimum Gasteiger partial charge on any atom is -0.388 e. The van der Waals surface area contributed by atoms with E-state index < -0.39 is 5.60 Å². The molecule has 0 aliphatic carbocycles. The van der Waals surface area contributed by atoms with Gasteiger partial charge in [0.05, 0.1) is 24.9 Å². The van der Waals surface area contributed by atoms with Crippen molar-refractivity contribution in [1.82, 2.24) is 10.6 Å². The number of aliphatic hydroxyl groups is 1. The highest BCUT2D eigenvalue weighted by Gasteiger charge is 2.39. The third-order valence-corrected chi connectivity index (χ3v) is 4.14. The molecule has 1 aromatic rings. The molecule has 3 rings (SSSR count). The predicted octanol–water partition coefficient (Wildman–Crippen LogP) is 0.960. The number of fused-ring (bicyclic) bond motifs is 1. The third-order valence-electron chi connectivity index (χ3n) is 4.14. The Morgan fingerprint density at radius 1 is 1.37 bits per heavy atom. The summed E-state index contributed by atoms with van der Waals surface area (Å²) in [6, 6.07) is 8.57. The summed E-state index contributed by atoms with van der Waals surface area (Å²) in [5, 5.41) is 17.7. The van der Waals surface area contributed by atoms with Gasteiger partial charge in [-0.2, -0.15) is 0 Å². The van der Waals surface area contributed by atoms with Crippen molar-refractivity contribution in [2.24, 2.45) is 0 Å². The molecular formula is C15H22N2O2. The van der Waals surface area contributed by atoms with Gasteiger partial charge < -0.3 is 20.5 Å². The van der Waals surface area contributed by atoms with Crippen LogP contribution in [0.25, 0.3) is 0 Å². The number of rotatable bonds is 3. The highest BCUT2D eigenvalue weighted by Crippen LogP contribution is 2.36. The van der Waals surface area contributed by atoms with Crippen molar-refractivity contribution in [2.75, 3.05) is 19.8 Å². The molecule has 0 amide bonds. The number of hydrogen-bond donors (Lipinski definition) is 3. The number of nitrogens with one attached hydrogen (secondary N) is 2. The van der Waals surface area contributed by atoms with Crippen molar-refractivity contribution in [3.63, 3.8) is 0 Å². The zero-order chi connectivity index (χ0) is 13.3. The number of benzene rings is 1. The highest BCUT2D eigenvalue weighted by molar-refractivity contribution is 5.35. The fourth-order valence-electron chi connectivity index (χ4n) is 3.22. The molecule has 4 nitrogen and oxygen atoms in total. The molecule has 3 N–H and O–H groups in total. The van der Waals surface area contributed by atoms with Gasteiger partial charge in [0.15, 0.2) is 0 Å². The molecular weight excluding hydrogens is 240 g/mol. The van der Waals surface area contributed by atoms with Crippen LogP contribution >= 0.6 is 0 Å². The van der Waals surface area contributed by atoms with E-state index in [9.17, 15) is 5.11 Å². The van der Waals surface area contributed by atoms with E-state index in [1.165, 1.54) is 11.1 Å². The van der Waals surface area contributed by atoms with Crippen LogP contribution in [0.1, 0.15) is 30.5 Å². The van der Waals surface area contributed by atoms with E-state index in [0.29, 0.717) is 13.0 Å². The van der Waals surface area contributed by atoms with Crippen LogP contribution in [0.5, 0.6) is 0 Å². The molecule has 4 heteroatoms. The molecule has 0 radical (unpaired) electrons.